The maximum atomic E-state index is 11.9. The maximum absolute atomic E-state index is 11.9. The van der Waals surface area contributed by atoms with E-state index in [1.54, 1.807) is 0 Å². The van der Waals surface area contributed by atoms with Gasteiger partial charge < -0.3 is 4.40 Å². The Morgan fingerprint density at radius 2 is 1.42 bits per heavy atom. The fraction of sp³-hybridized carbons (Fsp3) is 0.0435. The van der Waals surface area contributed by atoms with Gasteiger partial charge >= 0.3 is 0 Å². The van der Waals surface area contributed by atoms with Gasteiger partial charge in [-0.1, -0.05) is 60.7 Å². The predicted molar refractivity (Wildman–Crippen MR) is 104 cm³/mol. The van der Waals surface area contributed by atoms with Gasteiger partial charge in [0.2, 0.25) is 0 Å². The summed E-state index contributed by atoms with van der Waals surface area (Å²) in [5.74, 6) is 0. The molecule has 4 aromatic rings. The summed E-state index contributed by atoms with van der Waals surface area (Å²) in [4.78, 5) is 23.8. The van der Waals surface area contributed by atoms with Gasteiger partial charge in [0.25, 0.3) is 0 Å². The molecule has 2 aromatic heterocycles. The Morgan fingerprint density at radius 3 is 2.00 bits per heavy atom. The average Bonchev–Trinajstić information content (AvgIpc) is 3.01. The zero-order chi connectivity index (χ0) is 18.1. The van der Waals surface area contributed by atoms with Crippen molar-refractivity contribution in [1.82, 2.24) is 4.40 Å². The lowest BCUT2D eigenvalue weighted by molar-refractivity contribution is 0.111. The molecule has 4 rings (SSSR count). The lowest BCUT2D eigenvalue weighted by Crippen LogP contribution is -1.95. The van der Waals surface area contributed by atoms with E-state index in [1.165, 1.54) is 0 Å². The number of benzene rings is 2. The molecule has 126 valence electrons. The molecule has 2 heterocycles. The summed E-state index contributed by atoms with van der Waals surface area (Å²) in [7, 11) is 0. The van der Waals surface area contributed by atoms with Gasteiger partial charge in [0.05, 0.1) is 11.2 Å². The Kier molecular flexibility index (Phi) is 3.98. The van der Waals surface area contributed by atoms with E-state index in [9.17, 15) is 9.59 Å². The van der Waals surface area contributed by atoms with Crippen molar-refractivity contribution >= 4 is 18.1 Å². The molecule has 0 N–H and O–H groups in total. The molecule has 0 bridgehead atoms. The Hall–Kier alpha value is -3.46. The van der Waals surface area contributed by atoms with Crippen molar-refractivity contribution in [3.8, 4) is 22.3 Å². The largest absolute Gasteiger partial charge is 0.313 e. The van der Waals surface area contributed by atoms with Crippen LogP contribution < -0.4 is 0 Å². The third-order valence-electron chi connectivity index (χ3n) is 4.73. The molecule has 0 radical (unpaired) electrons. The van der Waals surface area contributed by atoms with Gasteiger partial charge in [-0.3, -0.25) is 9.59 Å². The lowest BCUT2D eigenvalue weighted by atomic mass is 9.99. The standard InChI is InChI=1S/C23H17NO2/c1-16-13-24-21(12-19(16)17-8-4-2-5-9-17)20(14-25)23(22(24)15-26)18-10-6-3-7-11-18/h2-15H,1H3. The van der Waals surface area contributed by atoms with E-state index in [4.69, 9.17) is 0 Å². The minimum absolute atomic E-state index is 0.496. The molecule has 3 nitrogen and oxygen atoms in total. The number of rotatable bonds is 4. The highest BCUT2D eigenvalue weighted by Crippen LogP contribution is 2.34. The van der Waals surface area contributed by atoms with Crippen molar-refractivity contribution in [3.63, 3.8) is 0 Å². The zero-order valence-corrected chi connectivity index (χ0v) is 14.3. The van der Waals surface area contributed by atoms with Crippen LogP contribution in [0, 0.1) is 6.92 Å². The van der Waals surface area contributed by atoms with Crippen molar-refractivity contribution in [1.29, 1.82) is 0 Å². The second kappa shape index (κ2) is 6.45. The third-order valence-corrected chi connectivity index (χ3v) is 4.73. The lowest BCUT2D eigenvalue weighted by Gasteiger charge is -2.08. The second-order valence-electron chi connectivity index (χ2n) is 6.27. The predicted octanol–water partition coefficient (Wildman–Crippen LogP) is 5.21. The minimum Gasteiger partial charge on any atom is -0.313 e. The summed E-state index contributed by atoms with van der Waals surface area (Å²) in [5, 5.41) is 0. The molecule has 0 amide bonds. The Bertz CT molecular complexity index is 1110. The van der Waals surface area contributed by atoms with Crippen LogP contribution in [0.3, 0.4) is 0 Å². The number of fused-ring (bicyclic) bond motifs is 1. The molecule has 3 heteroatoms. The second-order valence-corrected chi connectivity index (χ2v) is 6.27. The minimum atomic E-state index is 0.496. The zero-order valence-electron chi connectivity index (χ0n) is 14.3. The maximum Gasteiger partial charge on any atom is 0.167 e. The first-order valence-electron chi connectivity index (χ1n) is 8.44. The quantitative estimate of drug-likeness (QED) is 0.479. The molecule has 0 aliphatic heterocycles. The summed E-state index contributed by atoms with van der Waals surface area (Å²) >= 11 is 0. The molecule has 0 unspecified atom stereocenters. The monoisotopic (exact) mass is 339 g/mol. The number of pyridine rings is 1. The molecule has 0 aliphatic rings. The highest BCUT2D eigenvalue weighted by atomic mass is 16.1. The highest BCUT2D eigenvalue weighted by molar-refractivity contribution is 6.04. The van der Waals surface area contributed by atoms with Crippen molar-refractivity contribution in [2.24, 2.45) is 0 Å². The van der Waals surface area contributed by atoms with Crippen LogP contribution in [-0.4, -0.2) is 17.0 Å². The van der Waals surface area contributed by atoms with Crippen LogP contribution in [-0.2, 0) is 0 Å². The van der Waals surface area contributed by atoms with Crippen LogP contribution in [0.15, 0.2) is 72.9 Å². The molecule has 0 spiro atoms. The fourth-order valence-electron chi connectivity index (χ4n) is 3.52. The number of carbonyl (C=O) groups excluding carboxylic acids is 2. The highest BCUT2D eigenvalue weighted by Gasteiger charge is 2.20. The molecule has 0 atom stereocenters. The van der Waals surface area contributed by atoms with Crippen LogP contribution in [0.5, 0.6) is 0 Å². The first kappa shape index (κ1) is 16.0. The van der Waals surface area contributed by atoms with E-state index in [0.717, 1.165) is 40.3 Å². The van der Waals surface area contributed by atoms with Crippen molar-refractivity contribution in [2.45, 2.75) is 6.92 Å². The van der Waals surface area contributed by atoms with Crippen LogP contribution in [0.25, 0.3) is 27.8 Å². The smallest absolute Gasteiger partial charge is 0.167 e. The van der Waals surface area contributed by atoms with Crippen molar-refractivity contribution in [3.05, 3.63) is 89.7 Å². The van der Waals surface area contributed by atoms with Gasteiger partial charge in [-0.15, -0.1) is 0 Å². The van der Waals surface area contributed by atoms with Gasteiger partial charge in [-0.05, 0) is 35.2 Å². The van der Waals surface area contributed by atoms with E-state index < -0.39 is 0 Å². The molecular weight excluding hydrogens is 322 g/mol. The molecule has 2 aromatic carbocycles. The van der Waals surface area contributed by atoms with Crippen molar-refractivity contribution < 1.29 is 9.59 Å². The molecule has 0 aliphatic carbocycles. The summed E-state index contributed by atoms with van der Waals surface area (Å²) in [5.41, 5.74) is 6.49. The first-order valence-corrected chi connectivity index (χ1v) is 8.44. The summed E-state index contributed by atoms with van der Waals surface area (Å²) < 4.78 is 1.82. The van der Waals surface area contributed by atoms with E-state index in [1.807, 2.05) is 84.3 Å². The number of aromatic nitrogens is 1. The Morgan fingerprint density at radius 1 is 0.808 bits per heavy atom. The number of aryl methyl sites for hydroxylation is 1. The normalized spacial score (nSPS) is 10.8. The number of hydrogen-bond acceptors (Lipinski definition) is 2. The van der Waals surface area contributed by atoms with E-state index in [0.29, 0.717) is 16.8 Å². The number of aldehydes is 2. The summed E-state index contributed by atoms with van der Waals surface area (Å²) in [6.07, 6.45) is 3.60. The van der Waals surface area contributed by atoms with E-state index in [-0.39, 0.29) is 0 Å². The van der Waals surface area contributed by atoms with Crippen LogP contribution in [0.4, 0.5) is 0 Å². The van der Waals surface area contributed by atoms with Crippen LogP contribution >= 0.6 is 0 Å². The number of nitrogens with zero attached hydrogens (tertiary/aromatic N) is 1. The molecule has 0 saturated carbocycles. The van der Waals surface area contributed by atoms with Gasteiger partial charge in [0, 0.05) is 17.3 Å². The van der Waals surface area contributed by atoms with E-state index >= 15 is 0 Å². The average molecular weight is 339 g/mol. The Balaban J connectivity index is 2.09. The topological polar surface area (TPSA) is 38.5 Å². The van der Waals surface area contributed by atoms with Gasteiger partial charge in [0.1, 0.15) is 0 Å². The molecule has 0 saturated heterocycles. The SMILES string of the molecule is Cc1cn2c(C=O)c(-c3ccccc3)c(C=O)c2cc1-c1ccccc1. The van der Waals surface area contributed by atoms with E-state index in [2.05, 4.69) is 0 Å². The first-order chi connectivity index (χ1) is 12.7. The van der Waals surface area contributed by atoms with Gasteiger partial charge in [-0.25, -0.2) is 0 Å². The molecule has 26 heavy (non-hydrogen) atoms. The summed E-state index contributed by atoms with van der Waals surface area (Å²) in [6, 6.07) is 21.6. The van der Waals surface area contributed by atoms with Gasteiger partial charge in [0.15, 0.2) is 12.6 Å². The van der Waals surface area contributed by atoms with Crippen LogP contribution in [0.2, 0.25) is 0 Å². The fourth-order valence-corrected chi connectivity index (χ4v) is 3.52. The van der Waals surface area contributed by atoms with Crippen molar-refractivity contribution in [2.75, 3.05) is 0 Å². The summed E-state index contributed by atoms with van der Waals surface area (Å²) in [6.45, 7) is 2.01. The molecule has 0 fully saturated rings. The number of hydrogen-bond donors (Lipinski definition) is 0. The molecular formula is C23H17NO2. The Labute approximate surface area is 151 Å². The third kappa shape index (κ3) is 2.45. The number of carbonyl (C=O) groups is 2. The van der Waals surface area contributed by atoms with Gasteiger partial charge in [-0.2, -0.15) is 0 Å². The van der Waals surface area contributed by atoms with Crippen LogP contribution in [0.1, 0.15) is 26.4 Å².